The van der Waals surface area contributed by atoms with Crippen molar-refractivity contribution in [3.63, 3.8) is 0 Å². The maximum Gasteiger partial charge on any atom is 1.00 e. The van der Waals surface area contributed by atoms with Gasteiger partial charge in [0.2, 0.25) is 4.77 Å². The average Bonchev–Trinajstić information content (AvgIpc) is 1.91. The monoisotopic (exact) mass is 140 g/mol. The topological polar surface area (TPSA) is 46.5 Å². The molecule has 0 amide bonds. The molecule has 0 fully saturated rings. The van der Waals surface area contributed by atoms with Gasteiger partial charge in [-0.15, -0.1) is 0 Å². The molecule has 0 atom stereocenters. The summed E-state index contributed by atoms with van der Waals surface area (Å²) in [5, 5.41) is 9.41. The fourth-order valence-electron chi connectivity index (χ4n) is 0.242. The molecule has 0 radical (unpaired) electrons. The Kier molecular flexibility index (Phi) is 3.46. The summed E-state index contributed by atoms with van der Waals surface area (Å²) in [4.78, 5) is 0. The Morgan fingerprint density at radius 2 is 2.50 bits per heavy atom. The molecule has 1 aromatic rings. The Labute approximate surface area is 75.0 Å². The summed E-state index contributed by atoms with van der Waals surface area (Å²) >= 11 is 4.64. The average molecular weight is 140 g/mol. The van der Waals surface area contributed by atoms with Crippen LogP contribution < -0.4 is 29.6 Å². The van der Waals surface area contributed by atoms with Crippen molar-refractivity contribution in [1.29, 1.82) is 0 Å². The second-order valence-electron chi connectivity index (χ2n) is 1.14. The van der Waals surface area contributed by atoms with Gasteiger partial charge < -0.3 is 1.43 Å². The zero-order valence-electron chi connectivity index (χ0n) is 5.75. The molecule has 0 aliphatic rings. The number of tetrazole rings is 1. The summed E-state index contributed by atoms with van der Waals surface area (Å²) in [5.41, 5.74) is 0. The summed E-state index contributed by atoms with van der Waals surface area (Å²) in [6.45, 7) is 0. The number of hydrogen-bond donors (Lipinski definition) is 1. The van der Waals surface area contributed by atoms with Gasteiger partial charge in [0.25, 0.3) is 0 Å². The van der Waals surface area contributed by atoms with E-state index in [9.17, 15) is 0 Å². The molecule has 0 unspecified atom stereocenters. The molecule has 1 aromatic heterocycles. The summed E-state index contributed by atoms with van der Waals surface area (Å²) in [5.74, 6) is 0. The van der Waals surface area contributed by atoms with Crippen LogP contribution in [-0.4, -0.2) is 20.2 Å². The first-order chi connectivity index (χ1) is 3.30. The van der Waals surface area contributed by atoms with Crippen LogP contribution in [0.5, 0.6) is 0 Å². The van der Waals surface area contributed by atoms with Crippen LogP contribution in [-0.2, 0) is 7.05 Å². The van der Waals surface area contributed by atoms with E-state index in [1.807, 2.05) is 0 Å². The van der Waals surface area contributed by atoms with Crippen LogP contribution in [0.1, 0.15) is 1.43 Å². The Hall–Kier alpha value is 0.290. The van der Waals surface area contributed by atoms with Gasteiger partial charge in [0.1, 0.15) is 0 Å². The van der Waals surface area contributed by atoms with Crippen LogP contribution in [0.3, 0.4) is 0 Å². The first kappa shape index (κ1) is 8.29. The molecule has 8 heavy (non-hydrogen) atoms. The minimum absolute atomic E-state index is 0. The number of nitrogens with zero attached hydrogens (tertiary/aromatic N) is 3. The predicted molar refractivity (Wildman–Crippen MR) is 27.3 cm³/mol. The molecule has 0 spiro atoms. The van der Waals surface area contributed by atoms with E-state index in [1.54, 1.807) is 11.7 Å². The Bertz CT molecular complexity index is 206. The van der Waals surface area contributed by atoms with Gasteiger partial charge in [-0.3, -0.25) is 0 Å². The van der Waals surface area contributed by atoms with E-state index in [2.05, 4.69) is 27.7 Å². The third-order valence-corrected chi connectivity index (χ3v) is 0.973. The Morgan fingerprint density at radius 1 is 1.88 bits per heavy atom. The fraction of sp³-hybridized carbons (Fsp3) is 0.500. The minimum atomic E-state index is 0. The van der Waals surface area contributed by atoms with Crippen LogP contribution in [0.25, 0.3) is 0 Å². The SMILES string of the molecule is Cn1[nH]nnc1=S.[H-].[Na+]. The van der Waals surface area contributed by atoms with E-state index in [-0.39, 0.29) is 31.0 Å². The van der Waals surface area contributed by atoms with E-state index >= 15 is 0 Å². The third kappa shape index (κ3) is 1.66. The van der Waals surface area contributed by atoms with Gasteiger partial charge in [-0.25, -0.2) is 4.68 Å². The van der Waals surface area contributed by atoms with E-state index in [1.165, 1.54) is 0 Å². The number of aromatic amines is 1. The molecular weight excluding hydrogens is 135 g/mol. The molecule has 1 heterocycles. The smallest absolute Gasteiger partial charge is 1.00 e. The fourth-order valence-corrected chi connectivity index (χ4v) is 0.324. The molecular formula is C2H5N4NaS. The molecule has 40 valence electrons. The minimum Gasteiger partial charge on any atom is -1.00 e. The van der Waals surface area contributed by atoms with E-state index in [4.69, 9.17) is 0 Å². The van der Waals surface area contributed by atoms with Gasteiger partial charge in [-0.05, 0) is 12.2 Å². The van der Waals surface area contributed by atoms with Crippen molar-refractivity contribution in [3.8, 4) is 0 Å². The summed E-state index contributed by atoms with van der Waals surface area (Å²) in [6, 6.07) is 0. The van der Waals surface area contributed by atoms with Crippen LogP contribution in [0.15, 0.2) is 0 Å². The quantitative estimate of drug-likeness (QED) is 0.308. The predicted octanol–water partition coefficient (Wildman–Crippen LogP) is -3.01. The van der Waals surface area contributed by atoms with Crippen molar-refractivity contribution < 1.29 is 31.0 Å². The van der Waals surface area contributed by atoms with Gasteiger partial charge in [0.15, 0.2) is 0 Å². The molecule has 0 saturated heterocycles. The largest absolute Gasteiger partial charge is 1.00 e. The maximum absolute atomic E-state index is 4.64. The molecule has 0 bridgehead atoms. The standard InChI is InChI=1S/C2H4N4S.Na.H/c1-6-2(7)3-4-5-6;;/h1H3,(H,3,5,7);;/q;+1;-1. The van der Waals surface area contributed by atoms with E-state index < -0.39 is 0 Å². The van der Waals surface area contributed by atoms with Crippen LogP contribution in [0.4, 0.5) is 0 Å². The van der Waals surface area contributed by atoms with Crippen molar-refractivity contribution in [2.75, 3.05) is 0 Å². The molecule has 4 nitrogen and oxygen atoms in total. The van der Waals surface area contributed by atoms with E-state index in [0.717, 1.165) is 0 Å². The van der Waals surface area contributed by atoms with Crippen molar-refractivity contribution in [2.24, 2.45) is 7.05 Å². The number of rotatable bonds is 0. The van der Waals surface area contributed by atoms with Crippen molar-refractivity contribution in [2.45, 2.75) is 0 Å². The van der Waals surface area contributed by atoms with Crippen molar-refractivity contribution in [3.05, 3.63) is 4.77 Å². The molecule has 0 saturated carbocycles. The number of hydrogen-bond acceptors (Lipinski definition) is 3. The first-order valence-corrected chi connectivity index (χ1v) is 2.15. The normalized spacial score (nSPS) is 8.12. The van der Waals surface area contributed by atoms with Gasteiger partial charge in [0.05, 0.1) is 0 Å². The first-order valence-electron chi connectivity index (χ1n) is 1.75. The molecule has 6 heteroatoms. The summed E-state index contributed by atoms with van der Waals surface area (Å²) < 4.78 is 2.02. The van der Waals surface area contributed by atoms with E-state index in [0.29, 0.717) is 4.77 Å². The Balaban J connectivity index is 0. The number of aromatic nitrogens is 4. The van der Waals surface area contributed by atoms with Gasteiger partial charge in [0, 0.05) is 7.05 Å². The molecule has 1 N–H and O–H groups in total. The molecule has 0 aromatic carbocycles. The summed E-state index contributed by atoms with van der Waals surface area (Å²) in [7, 11) is 1.75. The van der Waals surface area contributed by atoms with Gasteiger partial charge in [-0.1, -0.05) is 10.3 Å². The molecule has 0 aliphatic carbocycles. The summed E-state index contributed by atoms with van der Waals surface area (Å²) in [6.07, 6.45) is 0. The van der Waals surface area contributed by atoms with Crippen molar-refractivity contribution >= 4 is 12.2 Å². The molecule has 1 rings (SSSR count). The maximum atomic E-state index is 4.64. The number of nitrogens with one attached hydrogen (secondary N) is 1. The van der Waals surface area contributed by atoms with Gasteiger partial charge >= 0.3 is 29.6 Å². The number of aryl methyl sites for hydroxylation is 1. The van der Waals surface area contributed by atoms with Crippen LogP contribution in [0, 0.1) is 4.77 Å². The van der Waals surface area contributed by atoms with Crippen LogP contribution in [0.2, 0.25) is 0 Å². The zero-order valence-corrected chi connectivity index (χ0v) is 7.57. The second-order valence-corrected chi connectivity index (χ2v) is 1.51. The van der Waals surface area contributed by atoms with Crippen molar-refractivity contribution in [1.82, 2.24) is 20.2 Å². The van der Waals surface area contributed by atoms with Crippen LogP contribution >= 0.6 is 12.2 Å². The number of H-pyrrole nitrogens is 1. The Morgan fingerprint density at radius 3 is 2.62 bits per heavy atom. The zero-order chi connectivity index (χ0) is 5.28. The van der Waals surface area contributed by atoms with Gasteiger partial charge in [-0.2, -0.15) is 5.21 Å². The molecule has 0 aliphatic heterocycles. The third-order valence-electron chi connectivity index (χ3n) is 0.617. The second kappa shape index (κ2) is 3.34.